The Morgan fingerprint density at radius 3 is 2.62 bits per heavy atom. The van der Waals surface area contributed by atoms with Gasteiger partial charge in [0.25, 0.3) is 5.91 Å². The number of hydrogen-bond acceptors (Lipinski definition) is 6. The van der Waals surface area contributed by atoms with Crippen LogP contribution in [0.1, 0.15) is 16.1 Å². The third kappa shape index (κ3) is 4.11. The predicted octanol–water partition coefficient (Wildman–Crippen LogP) is 4.72. The van der Waals surface area contributed by atoms with Gasteiger partial charge in [0.15, 0.2) is 16.0 Å². The Kier molecular flexibility index (Phi) is 5.37. The standard InChI is InChI=1S/C18H12ClN3O3S/c1-24-16-8-11(9-20)2-7-15(16)25-13-5-3-12(4-6-13)21-17(23)14-10-26-18(19)22-14/h2-8,10H,1H3,(H,21,23). The summed E-state index contributed by atoms with van der Waals surface area (Å²) >= 11 is 6.93. The van der Waals surface area contributed by atoms with E-state index in [9.17, 15) is 4.79 Å². The van der Waals surface area contributed by atoms with Gasteiger partial charge in [0.2, 0.25) is 0 Å². The second-order valence-electron chi connectivity index (χ2n) is 5.04. The first-order valence-electron chi connectivity index (χ1n) is 7.37. The number of nitrogens with zero attached hydrogens (tertiary/aromatic N) is 2. The number of nitrogens with one attached hydrogen (secondary N) is 1. The van der Waals surface area contributed by atoms with E-state index in [0.717, 1.165) is 0 Å². The van der Waals surface area contributed by atoms with Crippen molar-refractivity contribution in [1.82, 2.24) is 4.98 Å². The molecule has 0 bridgehead atoms. The zero-order valence-electron chi connectivity index (χ0n) is 13.5. The smallest absolute Gasteiger partial charge is 0.275 e. The first-order chi connectivity index (χ1) is 12.6. The Labute approximate surface area is 158 Å². The van der Waals surface area contributed by atoms with Crippen LogP contribution in [-0.2, 0) is 0 Å². The van der Waals surface area contributed by atoms with E-state index >= 15 is 0 Å². The lowest BCUT2D eigenvalue weighted by molar-refractivity contribution is 0.102. The summed E-state index contributed by atoms with van der Waals surface area (Å²) in [4.78, 5) is 16.0. The molecule has 26 heavy (non-hydrogen) atoms. The van der Waals surface area contributed by atoms with E-state index < -0.39 is 0 Å². The molecular weight excluding hydrogens is 374 g/mol. The molecular formula is C18H12ClN3O3S. The van der Waals surface area contributed by atoms with Crippen LogP contribution in [0.4, 0.5) is 5.69 Å². The molecule has 1 aromatic heterocycles. The molecule has 0 saturated carbocycles. The number of anilines is 1. The molecule has 0 radical (unpaired) electrons. The molecule has 0 spiro atoms. The third-order valence-corrected chi connectivity index (χ3v) is 4.32. The largest absolute Gasteiger partial charge is 0.493 e. The first-order valence-corrected chi connectivity index (χ1v) is 8.63. The fourth-order valence-electron chi connectivity index (χ4n) is 2.11. The molecule has 8 heteroatoms. The highest BCUT2D eigenvalue weighted by molar-refractivity contribution is 7.14. The lowest BCUT2D eigenvalue weighted by Crippen LogP contribution is -2.12. The number of carbonyl (C=O) groups excluding carboxylic acids is 1. The van der Waals surface area contributed by atoms with Crippen molar-refractivity contribution in [1.29, 1.82) is 5.26 Å². The molecule has 0 aliphatic rings. The summed E-state index contributed by atoms with van der Waals surface area (Å²) in [6, 6.07) is 13.8. The predicted molar refractivity (Wildman–Crippen MR) is 99.3 cm³/mol. The second-order valence-corrected chi connectivity index (χ2v) is 6.48. The zero-order valence-corrected chi connectivity index (χ0v) is 15.1. The van der Waals surface area contributed by atoms with Crippen LogP contribution in [0.2, 0.25) is 4.47 Å². The van der Waals surface area contributed by atoms with Gasteiger partial charge in [-0.1, -0.05) is 11.6 Å². The minimum absolute atomic E-state index is 0.266. The Morgan fingerprint density at radius 1 is 1.23 bits per heavy atom. The van der Waals surface area contributed by atoms with E-state index in [-0.39, 0.29) is 11.6 Å². The molecule has 1 N–H and O–H groups in total. The number of thiazole rings is 1. The monoisotopic (exact) mass is 385 g/mol. The van der Waals surface area contributed by atoms with Gasteiger partial charge in [0, 0.05) is 17.1 Å². The Balaban J connectivity index is 1.70. The number of hydrogen-bond donors (Lipinski definition) is 1. The van der Waals surface area contributed by atoms with Crippen molar-refractivity contribution < 1.29 is 14.3 Å². The van der Waals surface area contributed by atoms with Gasteiger partial charge in [-0.05, 0) is 36.4 Å². The molecule has 0 saturated heterocycles. The van der Waals surface area contributed by atoms with Crippen molar-refractivity contribution in [2.75, 3.05) is 12.4 Å². The van der Waals surface area contributed by atoms with Crippen LogP contribution in [0.15, 0.2) is 47.8 Å². The van der Waals surface area contributed by atoms with Crippen LogP contribution in [0.25, 0.3) is 0 Å². The molecule has 3 aromatic rings. The molecule has 3 rings (SSSR count). The summed E-state index contributed by atoms with van der Waals surface area (Å²) in [5, 5.41) is 13.3. The summed E-state index contributed by atoms with van der Waals surface area (Å²) in [5.41, 5.74) is 1.34. The maximum Gasteiger partial charge on any atom is 0.275 e. The number of ether oxygens (including phenoxy) is 2. The quantitative estimate of drug-likeness (QED) is 0.686. The van der Waals surface area contributed by atoms with Gasteiger partial charge >= 0.3 is 0 Å². The van der Waals surface area contributed by atoms with Crippen LogP contribution >= 0.6 is 22.9 Å². The maximum atomic E-state index is 12.0. The summed E-state index contributed by atoms with van der Waals surface area (Å²) < 4.78 is 11.3. The van der Waals surface area contributed by atoms with E-state index in [0.29, 0.717) is 33.0 Å². The van der Waals surface area contributed by atoms with Crippen molar-refractivity contribution in [2.24, 2.45) is 0 Å². The summed E-state index contributed by atoms with van der Waals surface area (Å²) in [5.74, 6) is 1.17. The lowest BCUT2D eigenvalue weighted by atomic mass is 10.2. The van der Waals surface area contributed by atoms with Crippen LogP contribution in [0, 0.1) is 11.3 Å². The van der Waals surface area contributed by atoms with E-state index in [4.69, 9.17) is 26.3 Å². The molecule has 1 amide bonds. The maximum absolute atomic E-state index is 12.0. The average molecular weight is 386 g/mol. The topological polar surface area (TPSA) is 84.2 Å². The molecule has 0 aliphatic carbocycles. The van der Waals surface area contributed by atoms with Gasteiger partial charge in [0.1, 0.15) is 11.4 Å². The number of carbonyl (C=O) groups is 1. The first kappa shape index (κ1) is 17.7. The van der Waals surface area contributed by atoms with Crippen LogP contribution in [0.3, 0.4) is 0 Å². The number of rotatable bonds is 5. The zero-order chi connectivity index (χ0) is 18.5. The lowest BCUT2D eigenvalue weighted by Gasteiger charge is -2.11. The molecule has 0 atom stereocenters. The summed E-state index contributed by atoms with van der Waals surface area (Å²) in [7, 11) is 1.51. The minimum Gasteiger partial charge on any atom is -0.493 e. The summed E-state index contributed by atoms with van der Waals surface area (Å²) in [6.07, 6.45) is 0. The number of nitriles is 1. The number of benzene rings is 2. The average Bonchev–Trinajstić information content (AvgIpc) is 3.10. The van der Waals surface area contributed by atoms with Crippen molar-refractivity contribution in [3.05, 3.63) is 63.6 Å². The van der Waals surface area contributed by atoms with Gasteiger partial charge in [-0.15, -0.1) is 11.3 Å². The van der Waals surface area contributed by atoms with Gasteiger partial charge in [-0.25, -0.2) is 4.98 Å². The highest BCUT2D eigenvalue weighted by Gasteiger charge is 2.11. The van der Waals surface area contributed by atoms with Crippen molar-refractivity contribution in [2.45, 2.75) is 0 Å². The van der Waals surface area contributed by atoms with Crippen molar-refractivity contribution in [3.63, 3.8) is 0 Å². The van der Waals surface area contributed by atoms with E-state index in [2.05, 4.69) is 10.3 Å². The molecule has 0 aliphatic heterocycles. The van der Waals surface area contributed by atoms with E-state index in [1.165, 1.54) is 18.4 Å². The van der Waals surface area contributed by atoms with Crippen molar-refractivity contribution in [3.8, 4) is 23.3 Å². The SMILES string of the molecule is COc1cc(C#N)ccc1Oc1ccc(NC(=O)c2csc(Cl)n2)cc1. The Morgan fingerprint density at radius 2 is 2.00 bits per heavy atom. The van der Waals surface area contributed by atoms with Gasteiger partial charge in [0.05, 0.1) is 18.7 Å². The number of amides is 1. The van der Waals surface area contributed by atoms with Gasteiger partial charge < -0.3 is 14.8 Å². The number of methoxy groups -OCH3 is 1. The van der Waals surface area contributed by atoms with Crippen molar-refractivity contribution >= 4 is 34.5 Å². The number of aromatic nitrogens is 1. The highest BCUT2D eigenvalue weighted by atomic mass is 35.5. The normalized spacial score (nSPS) is 10.0. The Bertz CT molecular complexity index is 980. The van der Waals surface area contributed by atoms with Crippen LogP contribution < -0.4 is 14.8 Å². The fourth-order valence-corrected chi connectivity index (χ4v) is 2.85. The van der Waals surface area contributed by atoms with Crippen LogP contribution in [-0.4, -0.2) is 18.0 Å². The molecule has 0 fully saturated rings. The van der Waals surface area contributed by atoms with Gasteiger partial charge in [-0.2, -0.15) is 5.26 Å². The molecule has 130 valence electrons. The second kappa shape index (κ2) is 7.87. The molecule has 2 aromatic carbocycles. The third-order valence-electron chi connectivity index (χ3n) is 3.34. The fraction of sp³-hybridized carbons (Fsp3) is 0.0556. The van der Waals surface area contributed by atoms with E-state index in [1.54, 1.807) is 47.8 Å². The minimum atomic E-state index is -0.337. The van der Waals surface area contributed by atoms with Gasteiger partial charge in [-0.3, -0.25) is 4.79 Å². The van der Waals surface area contributed by atoms with Crippen LogP contribution in [0.5, 0.6) is 17.2 Å². The molecule has 0 unspecified atom stereocenters. The number of halogens is 1. The molecule has 1 heterocycles. The summed E-state index contributed by atoms with van der Waals surface area (Å²) in [6.45, 7) is 0. The Hall–Kier alpha value is -3.08. The van der Waals surface area contributed by atoms with E-state index in [1.807, 2.05) is 6.07 Å². The highest BCUT2D eigenvalue weighted by Crippen LogP contribution is 2.32. The molecule has 6 nitrogen and oxygen atoms in total.